The van der Waals surface area contributed by atoms with Gasteiger partial charge in [0.05, 0.1) is 6.04 Å². The number of hydrogen-bond donors (Lipinski definition) is 2. The van der Waals surface area contributed by atoms with Crippen LogP contribution in [0.2, 0.25) is 5.02 Å². The largest absolute Gasteiger partial charge is 0.271 e. The fourth-order valence-corrected chi connectivity index (χ4v) is 2.21. The fourth-order valence-electron chi connectivity index (χ4n) is 2.09. The number of benzene rings is 2. The van der Waals surface area contributed by atoms with Gasteiger partial charge in [0.1, 0.15) is 11.6 Å². The lowest BCUT2D eigenvalue weighted by molar-refractivity contribution is 0.500. The fraction of sp³-hybridized carbons (Fsp3) is 0.200. The molecule has 106 valence electrons. The maximum Gasteiger partial charge on any atom is 0.129 e. The predicted molar refractivity (Wildman–Crippen MR) is 76.3 cm³/mol. The number of rotatable bonds is 4. The average Bonchev–Trinajstić information content (AvgIpc) is 2.42. The number of hydrazine groups is 1. The highest BCUT2D eigenvalue weighted by atomic mass is 35.5. The predicted octanol–water partition coefficient (Wildman–Crippen LogP) is 3.67. The van der Waals surface area contributed by atoms with Crippen molar-refractivity contribution >= 4 is 11.6 Å². The molecule has 1 atom stereocenters. The molecular weight excluding hydrogens is 282 g/mol. The SMILES string of the molecule is Cc1cc(C(Cc2c(F)cccc2F)NN)ccc1Cl. The van der Waals surface area contributed by atoms with Gasteiger partial charge in [0.25, 0.3) is 0 Å². The lowest BCUT2D eigenvalue weighted by Gasteiger charge is -2.18. The molecule has 0 amide bonds. The molecule has 1 unspecified atom stereocenters. The Morgan fingerprint density at radius 3 is 2.40 bits per heavy atom. The Kier molecular flexibility index (Phi) is 4.70. The van der Waals surface area contributed by atoms with E-state index in [2.05, 4.69) is 5.43 Å². The van der Waals surface area contributed by atoms with Gasteiger partial charge in [-0.2, -0.15) is 0 Å². The molecule has 20 heavy (non-hydrogen) atoms. The van der Waals surface area contributed by atoms with E-state index in [0.29, 0.717) is 5.02 Å². The molecule has 2 aromatic carbocycles. The van der Waals surface area contributed by atoms with Gasteiger partial charge in [-0.15, -0.1) is 0 Å². The third-order valence-corrected chi connectivity index (χ3v) is 3.68. The Morgan fingerprint density at radius 1 is 1.20 bits per heavy atom. The van der Waals surface area contributed by atoms with Gasteiger partial charge in [-0.1, -0.05) is 29.8 Å². The van der Waals surface area contributed by atoms with Crippen molar-refractivity contribution in [1.82, 2.24) is 5.43 Å². The summed E-state index contributed by atoms with van der Waals surface area (Å²) in [4.78, 5) is 0. The Bertz CT molecular complexity index is 597. The Hall–Kier alpha value is -1.49. The summed E-state index contributed by atoms with van der Waals surface area (Å²) in [6, 6.07) is 8.81. The molecule has 0 aliphatic heterocycles. The standard InChI is InChI=1S/C15H15ClF2N2/c1-9-7-10(5-6-12(9)16)15(20-19)8-11-13(17)3-2-4-14(11)18/h2-7,15,20H,8,19H2,1H3. The van der Waals surface area contributed by atoms with E-state index in [9.17, 15) is 8.78 Å². The molecule has 0 aliphatic rings. The molecular formula is C15H15ClF2N2. The van der Waals surface area contributed by atoms with Crippen molar-refractivity contribution in [3.8, 4) is 0 Å². The molecule has 0 heterocycles. The summed E-state index contributed by atoms with van der Waals surface area (Å²) in [5.74, 6) is 4.37. The monoisotopic (exact) mass is 296 g/mol. The normalized spacial score (nSPS) is 12.4. The van der Waals surface area contributed by atoms with E-state index >= 15 is 0 Å². The number of nitrogens with two attached hydrogens (primary N) is 1. The lowest BCUT2D eigenvalue weighted by atomic mass is 9.97. The van der Waals surface area contributed by atoms with Crippen molar-refractivity contribution < 1.29 is 8.78 Å². The molecule has 0 aliphatic carbocycles. The van der Waals surface area contributed by atoms with Gasteiger partial charge in [-0.3, -0.25) is 11.3 Å². The highest BCUT2D eigenvalue weighted by Crippen LogP contribution is 2.25. The summed E-state index contributed by atoms with van der Waals surface area (Å²) in [5.41, 5.74) is 4.33. The van der Waals surface area contributed by atoms with Crippen molar-refractivity contribution in [2.24, 2.45) is 5.84 Å². The van der Waals surface area contributed by atoms with Crippen LogP contribution in [0.5, 0.6) is 0 Å². The van der Waals surface area contributed by atoms with Crippen LogP contribution >= 0.6 is 11.6 Å². The zero-order chi connectivity index (χ0) is 14.7. The van der Waals surface area contributed by atoms with E-state index in [-0.39, 0.29) is 12.0 Å². The molecule has 3 N–H and O–H groups in total. The molecule has 0 saturated heterocycles. The van der Waals surface area contributed by atoms with Crippen LogP contribution < -0.4 is 11.3 Å². The summed E-state index contributed by atoms with van der Waals surface area (Å²) >= 11 is 5.97. The molecule has 0 bridgehead atoms. The van der Waals surface area contributed by atoms with Gasteiger partial charge in [0, 0.05) is 10.6 Å². The smallest absolute Gasteiger partial charge is 0.129 e. The van der Waals surface area contributed by atoms with E-state index in [1.165, 1.54) is 18.2 Å². The third-order valence-electron chi connectivity index (χ3n) is 3.26. The minimum Gasteiger partial charge on any atom is -0.271 e. The van der Waals surface area contributed by atoms with Gasteiger partial charge in [0.15, 0.2) is 0 Å². The van der Waals surface area contributed by atoms with E-state index in [4.69, 9.17) is 17.4 Å². The summed E-state index contributed by atoms with van der Waals surface area (Å²) in [7, 11) is 0. The Morgan fingerprint density at radius 2 is 1.85 bits per heavy atom. The average molecular weight is 297 g/mol. The number of aryl methyl sites for hydroxylation is 1. The van der Waals surface area contributed by atoms with Gasteiger partial charge >= 0.3 is 0 Å². The molecule has 0 radical (unpaired) electrons. The number of nitrogens with one attached hydrogen (secondary N) is 1. The maximum absolute atomic E-state index is 13.7. The van der Waals surface area contributed by atoms with E-state index in [1.807, 2.05) is 13.0 Å². The Balaban J connectivity index is 2.31. The molecule has 0 spiro atoms. The van der Waals surface area contributed by atoms with Crippen molar-refractivity contribution in [2.45, 2.75) is 19.4 Å². The molecule has 0 aromatic heterocycles. The van der Waals surface area contributed by atoms with Gasteiger partial charge in [-0.05, 0) is 42.7 Å². The van der Waals surface area contributed by atoms with E-state index in [1.54, 1.807) is 12.1 Å². The van der Waals surface area contributed by atoms with Crippen LogP contribution in [-0.2, 0) is 6.42 Å². The quantitative estimate of drug-likeness (QED) is 0.667. The second kappa shape index (κ2) is 6.31. The summed E-state index contributed by atoms with van der Waals surface area (Å²) in [6.45, 7) is 1.86. The zero-order valence-electron chi connectivity index (χ0n) is 11.0. The maximum atomic E-state index is 13.7. The van der Waals surface area contributed by atoms with Crippen LogP contribution in [0.3, 0.4) is 0 Å². The summed E-state index contributed by atoms with van der Waals surface area (Å²) < 4.78 is 27.4. The topological polar surface area (TPSA) is 38.0 Å². The lowest BCUT2D eigenvalue weighted by Crippen LogP contribution is -2.30. The van der Waals surface area contributed by atoms with E-state index < -0.39 is 17.7 Å². The molecule has 0 saturated carbocycles. The molecule has 2 nitrogen and oxygen atoms in total. The number of halogens is 3. The van der Waals surface area contributed by atoms with E-state index in [0.717, 1.165) is 11.1 Å². The molecule has 2 rings (SSSR count). The Labute approximate surface area is 121 Å². The first kappa shape index (κ1) is 14.9. The zero-order valence-corrected chi connectivity index (χ0v) is 11.7. The first-order valence-electron chi connectivity index (χ1n) is 6.18. The molecule has 0 fully saturated rings. The minimum absolute atomic E-state index is 0.0167. The van der Waals surface area contributed by atoms with Crippen molar-refractivity contribution in [2.75, 3.05) is 0 Å². The highest BCUT2D eigenvalue weighted by Gasteiger charge is 2.17. The summed E-state index contributed by atoms with van der Waals surface area (Å²) in [6.07, 6.45) is 0.121. The van der Waals surface area contributed by atoms with Crippen molar-refractivity contribution in [1.29, 1.82) is 0 Å². The molecule has 5 heteroatoms. The first-order valence-corrected chi connectivity index (χ1v) is 6.55. The second-order valence-electron chi connectivity index (χ2n) is 4.63. The van der Waals surface area contributed by atoms with Crippen LogP contribution in [0.1, 0.15) is 22.7 Å². The second-order valence-corrected chi connectivity index (χ2v) is 5.04. The third kappa shape index (κ3) is 3.15. The van der Waals surface area contributed by atoms with Crippen molar-refractivity contribution in [3.05, 3.63) is 69.7 Å². The van der Waals surface area contributed by atoms with Gasteiger partial charge in [0.2, 0.25) is 0 Å². The highest BCUT2D eigenvalue weighted by molar-refractivity contribution is 6.31. The number of hydrogen-bond acceptors (Lipinski definition) is 2. The minimum atomic E-state index is -0.573. The van der Waals surface area contributed by atoms with Crippen LogP contribution in [0.15, 0.2) is 36.4 Å². The molecule has 2 aromatic rings. The summed E-state index contributed by atoms with van der Waals surface area (Å²) in [5, 5.41) is 0.640. The van der Waals surface area contributed by atoms with Crippen LogP contribution in [0, 0.1) is 18.6 Å². The first-order chi connectivity index (χ1) is 9.52. The van der Waals surface area contributed by atoms with Crippen LogP contribution in [-0.4, -0.2) is 0 Å². The van der Waals surface area contributed by atoms with Crippen LogP contribution in [0.25, 0.3) is 0 Å². The van der Waals surface area contributed by atoms with Gasteiger partial charge < -0.3 is 0 Å². The van der Waals surface area contributed by atoms with Crippen LogP contribution in [0.4, 0.5) is 8.78 Å². The van der Waals surface area contributed by atoms with Gasteiger partial charge in [-0.25, -0.2) is 8.78 Å². The van der Waals surface area contributed by atoms with Crippen molar-refractivity contribution in [3.63, 3.8) is 0 Å².